The molecule has 3 heteroatoms. The zero-order valence-corrected chi connectivity index (χ0v) is 14.4. The minimum atomic E-state index is -0.0603. The number of likely N-dealkylation sites (N-methyl/N-ethyl adjacent to an activating group) is 1. The predicted molar refractivity (Wildman–Crippen MR) is 90.8 cm³/mol. The van der Waals surface area contributed by atoms with Crippen molar-refractivity contribution in [3.05, 3.63) is 29.8 Å². The molecule has 0 aliphatic carbocycles. The first kappa shape index (κ1) is 18.0. The van der Waals surface area contributed by atoms with Gasteiger partial charge in [0.05, 0.1) is 12.6 Å². The number of hydrogen-bond donors (Lipinski definition) is 1. The van der Waals surface area contributed by atoms with Crippen LogP contribution in [0.1, 0.15) is 59.1 Å². The molecule has 1 aromatic rings. The van der Waals surface area contributed by atoms with Gasteiger partial charge in [-0.25, -0.2) is 0 Å². The molecule has 0 saturated heterocycles. The SMILES string of the molecule is CCCOc1ccccc1C(N)C(C)(CC)N(CC)CC. The molecule has 0 heterocycles. The second-order valence-corrected chi connectivity index (χ2v) is 5.75. The Kier molecular flexibility index (Phi) is 7.20. The fraction of sp³-hybridized carbons (Fsp3) is 0.667. The maximum atomic E-state index is 6.69. The Morgan fingerprint density at radius 2 is 1.76 bits per heavy atom. The van der Waals surface area contributed by atoms with Crippen molar-refractivity contribution in [1.82, 2.24) is 4.90 Å². The van der Waals surface area contributed by atoms with E-state index in [9.17, 15) is 0 Å². The van der Waals surface area contributed by atoms with Gasteiger partial charge in [-0.05, 0) is 38.9 Å². The van der Waals surface area contributed by atoms with E-state index < -0.39 is 0 Å². The maximum absolute atomic E-state index is 6.69. The molecule has 0 bridgehead atoms. The van der Waals surface area contributed by atoms with Gasteiger partial charge in [-0.3, -0.25) is 4.90 Å². The van der Waals surface area contributed by atoms with Crippen LogP contribution in [0.2, 0.25) is 0 Å². The smallest absolute Gasteiger partial charge is 0.124 e. The first-order chi connectivity index (χ1) is 10.0. The summed E-state index contributed by atoms with van der Waals surface area (Å²) >= 11 is 0. The molecule has 0 fully saturated rings. The first-order valence-corrected chi connectivity index (χ1v) is 8.27. The summed E-state index contributed by atoms with van der Waals surface area (Å²) in [5, 5.41) is 0. The van der Waals surface area contributed by atoms with Crippen LogP contribution in [0.3, 0.4) is 0 Å². The Hall–Kier alpha value is -1.06. The third-order valence-electron chi connectivity index (χ3n) is 4.59. The van der Waals surface area contributed by atoms with E-state index in [0.29, 0.717) is 0 Å². The molecular weight excluding hydrogens is 260 g/mol. The van der Waals surface area contributed by atoms with E-state index in [4.69, 9.17) is 10.5 Å². The van der Waals surface area contributed by atoms with E-state index in [1.807, 2.05) is 18.2 Å². The number of nitrogens with two attached hydrogens (primary N) is 1. The van der Waals surface area contributed by atoms with E-state index >= 15 is 0 Å². The van der Waals surface area contributed by atoms with E-state index in [0.717, 1.165) is 43.9 Å². The highest BCUT2D eigenvalue weighted by molar-refractivity contribution is 5.37. The van der Waals surface area contributed by atoms with Crippen LogP contribution in [-0.4, -0.2) is 30.1 Å². The third-order valence-corrected chi connectivity index (χ3v) is 4.59. The summed E-state index contributed by atoms with van der Waals surface area (Å²) < 4.78 is 5.90. The van der Waals surface area contributed by atoms with Gasteiger partial charge < -0.3 is 10.5 Å². The predicted octanol–water partition coefficient (Wildman–Crippen LogP) is 3.99. The third kappa shape index (κ3) is 3.98. The van der Waals surface area contributed by atoms with Gasteiger partial charge in [0.25, 0.3) is 0 Å². The van der Waals surface area contributed by atoms with Crippen LogP contribution in [-0.2, 0) is 0 Å². The quantitative estimate of drug-likeness (QED) is 0.748. The van der Waals surface area contributed by atoms with E-state index in [2.05, 4.69) is 45.6 Å². The summed E-state index contributed by atoms with van der Waals surface area (Å²) in [5.41, 5.74) is 7.74. The lowest BCUT2D eigenvalue weighted by atomic mass is 9.83. The average molecular weight is 292 g/mol. The van der Waals surface area contributed by atoms with Crippen molar-refractivity contribution in [3.63, 3.8) is 0 Å². The summed E-state index contributed by atoms with van der Waals surface area (Å²) in [5.74, 6) is 0.929. The van der Waals surface area contributed by atoms with Gasteiger partial charge in [0.1, 0.15) is 5.75 Å². The van der Waals surface area contributed by atoms with Gasteiger partial charge in [0.15, 0.2) is 0 Å². The van der Waals surface area contributed by atoms with Crippen LogP contribution < -0.4 is 10.5 Å². The van der Waals surface area contributed by atoms with E-state index in [1.54, 1.807) is 0 Å². The van der Waals surface area contributed by atoms with Gasteiger partial charge >= 0.3 is 0 Å². The molecule has 0 aliphatic heterocycles. The van der Waals surface area contributed by atoms with Crippen molar-refractivity contribution in [3.8, 4) is 5.75 Å². The molecule has 0 spiro atoms. The molecule has 1 rings (SSSR count). The molecule has 2 unspecified atom stereocenters. The Labute approximate surface area is 130 Å². The highest BCUT2D eigenvalue weighted by Gasteiger charge is 2.36. The number of para-hydroxylation sites is 1. The Morgan fingerprint density at radius 1 is 1.14 bits per heavy atom. The van der Waals surface area contributed by atoms with E-state index in [-0.39, 0.29) is 11.6 Å². The Bertz CT molecular complexity index is 417. The van der Waals surface area contributed by atoms with Crippen LogP contribution >= 0.6 is 0 Å². The van der Waals surface area contributed by atoms with Gasteiger partial charge in [0.2, 0.25) is 0 Å². The van der Waals surface area contributed by atoms with Crippen molar-refractivity contribution >= 4 is 0 Å². The number of nitrogens with zero attached hydrogens (tertiary/aromatic N) is 1. The van der Waals surface area contributed by atoms with Crippen molar-refractivity contribution in [2.24, 2.45) is 5.73 Å². The van der Waals surface area contributed by atoms with Crippen molar-refractivity contribution in [2.75, 3.05) is 19.7 Å². The van der Waals surface area contributed by atoms with Crippen LogP contribution in [0.5, 0.6) is 5.75 Å². The Balaban J connectivity index is 3.12. The number of ether oxygens (including phenoxy) is 1. The standard InChI is InChI=1S/C18H32N2O/c1-6-14-21-16-13-11-10-12-15(16)17(19)18(5,7-2)20(8-3)9-4/h10-13,17H,6-9,14,19H2,1-5H3. The van der Waals surface area contributed by atoms with E-state index in [1.165, 1.54) is 0 Å². The molecule has 0 aromatic heterocycles. The normalized spacial score (nSPS) is 15.8. The summed E-state index contributed by atoms with van der Waals surface area (Å²) in [7, 11) is 0. The van der Waals surface area contributed by atoms with Crippen molar-refractivity contribution in [2.45, 2.75) is 59.0 Å². The Morgan fingerprint density at radius 3 is 2.29 bits per heavy atom. The molecule has 2 N–H and O–H groups in total. The summed E-state index contributed by atoms with van der Waals surface area (Å²) in [6, 6.07) is 8.14. The highest BCUT2D eigenvalue weighted by atomic mass is 16.5. The highest BCUT2D eigenvalue weighted by Crippen LogP contribution is 2.36. The van der Waals surface area contributed by atoms with Crippen LogP contribution in [0.4, 0.5) is 0 Å². The second-order valence-electron chi connectivity index (χ2n) is 5.75. The molecule has 0 saturated carbocycles. The molecule has 0 radical (unpaired) electrons. The first-order valence-electron chi connectivity index (χ1n) is 8.27. The number of rotatable bonds is 9. The lowest BCUT2D eigenvalue weighted by molar-refractivity contribution is 0.0832. The van der Waals surface area contributed by atoms with Gasteiger partial charge in [-0.1, -0.05) is 45.9 Å². The number of benzene rings is 1. The largest absolute Gasteiger partial charge is 0.493 e. The van der Waals surface area contributed by atoms with Gasteiger partial charge in [-0.15, -0.1) is 0 Å². The molecule has 120 valence electrons. The summed E-state index contributed by atoms with van der Waals surface area (Å²) in [6.45, 7) is 13.7. The summed E-state index contributed by atoms with van der Waals surface area (Å²) in [4.78, 5) is 2.45. The van der Waals surface area contributed by atoms with Gasteiger partial charge in [0, 0.05) is 11.1 Å². The van der Waals surface area contributed by atoms with Crippen LogP contribution in [0.25, 0.3) is 0 Å². The maximum Gasteiger partial charge on any atom is 0.124 e. The fourth-order valence-electron chi connectivity index (χ4n) is 3.00. The molecular formula is C18H32N2O. The molecule has 0 amide bonds. The lowest BCUT2D eigenvalue weighted by Crippen LogP contribution is -2.53. The van der Waals surface area contributed by atoms with Crippen molar-refractivity contribution in [1.29, 1.82) is 0 Å². The van der Waals surface area contributed by atoms with Gasteiger partial charge in [-0.2, -0.15) is 0 Å². The molecule has 2 atom stereocenters. The second kappa shape index (κ2) is 8.40. The van der Waals surface area contributed by atoms with Crippen molar-refractivity contribution < 1.29 is 4.74 Å². The summed E-state index contributed by atoms with van der Waals surface area (Å²) in [6.07, 6.45) is 2.02. The minimum Gasteiger partial charge on any atom is -0.493 e. The zero-order valence-electron chi connectivity index (χ0n) is 14.4. The van der Waals surface area contributed by atoms with Crippen LogP contribution in [0.15, 0.2) is 24.3 Å². The average Bonchev–Trinajstić information content (AvgIpc) is 2.53. The number of hydrogen-bond acceptors (Lipinski definition) is 3. The fourth-order valence-corrected chi connectivity index (χ4v) is 3.00. The van der Waals surface area contributed by atoms with Crippen LogP contribution in [0, 0.1) is 0 Å². The lowest BCUT2D eigenvalue weighted by Gasteiger charge is -2.44. The zero-order chi connectivity index (χ0) is 15.9. The molecule has 1 aromatic carbocycles. The molecule has 21 heavy (non-hydrogen) atoms. The topological polar surface area (TPSA) is 38.5 Å². The molecule has 0 aliphatic rings. The molecule has 3 nitrogen and oxygen atoms in total. The monoisotopic (exact) mass is 292 g/mol. The minimum absolute atomic E-state index is 0.0598.